The lowest BCUT2D eigenvalue weighted by atomic mass is 10.1. The summed E-state index contributed by atoms with van der Waals surface area (Å²) in [6, 6.07) is 22.3. The van der Waals surface area contributed by atoms with Crippen LogP contribution in [0.5, 0.6) is 5.75 Å². The second-order valence-electron chi connectivity index (χ2n) is 7.31. The summed E-state index contributed by atoms with van der Waals surface area (Å²) in [6.07, 6.45) is 3.93. The predicted molar refractivity (Wildman–Crippen MR) is 135 cm³/mol. The third-order valence-corrected chi connectivity index (χ3v) is 6.67. The molecule has 176 valence electrons. The van der Waals surface area contributed by atoms with Crippen molar-refractivity contribution in [3.63, 3.8) is 0 Å². The fourth-order valence-electron chi connectivity index (χ4n) is 3.12. The molecule has 3 aromatic rings. The Labute approximate surface area is 200 Å². The monoisotopic (exact) mass is 477 g/mol. The van der Waals surface area contributed by atoms with Crippen LogP contribution in [-0.2, 0) is 21.2 Å². The zero-order valence-electron chi connectivity index (χ0n) is 18.9. The molecule has 1 amide bonds. The molecular weight excluding hydrogens is 450 g/mol. The van der Waals surface area contributed by atoms with E-state index in [4.69, 9.17) is 4.74 Å². The summed E-state index contributed by atoms with van der Waals surface area (Å²) in [5, 5.41) is 3.97. The van der Waals surface area contributed by atoms with Gasteiger partial charge in [0.05, 0.1) is 16.8 Å². The third kappa shape index (κ3) is 6.55. The zero-order valence-corrected chi connectivity index (χ0v) is 19.7. The summed E-state index contributed by atoms with van der Waals surface area (Å²) < 4.78 is 33.2. The topological polar surface area (TPSA) is 88.1 Å². The number of hydrogen-bond donors (Lipinski definition) is 1. The van der Waals surface area contributed by atoms with Gasteiger partial charge in [0.15, 0.2) is 0 Å². The van der Waals surface area contributed by atoms with Crippen LogP contribution in [0.3, 0.4) is 0 Å². The molecule has 0 radical (unpaired) electrons. The summed E-state index contributed by atoms with van der Waals surface area (Å²) in [5.74, 6) is 0.0696. The molecule has 1 N–H and O–H groups in total. The maximum Gasteiger partial charge on any atom is 0.264 e. The fraction of sp³-hybridized carbons (Fsp3) is 0.154. The van der Waals surface area contributed by atoms with E-state index >= 15 is 0 Å². The number of aryl methyl sites for hydroxylation is 1. The summed E-state index contributed by atoms with van der Waals surface area (Å²) in [6.45, 7) is 5.58. The molecule has 0 spiro atoms. The Morgan fingerprint density at radius 2 is 1.79 bits per heavy atom. The van der Waals surface area contributed by atoms with Crippen LogP contribution in [0.4, 0.5) is 5.69 Å². The normalized spacial score (nSPS) is 11.2. The minimum atomic E-state index is -3.96. The summed E-state index contributed by atoms with van der Waals surface area (Å²) >= 11 is 0. The largest absolute Gasteiger partial charge is 0.490 e. The van der Waals surface area contributed by atoms with Gasteiger partial charge < -0.3 is 4.74 Å². The number of carbonyl (C=O) groups is 1. The van der Waals surface area contributed by atoms with Gasteiger partial charge in [-0.2, -0.15) is 5.10 Å². The number of sulfonamides is 1. The Kier molecular flexibility index (Phi) is 8.59. The van der Waals surface area contributed by atoms with Crippen LogP contribution in [0.15, 0.2) is 102 Å². The van der Waals surface area contributed by atoms with Gasteiger partial charge in [0.25, 0.3) is 15.9 Å². The van der Waals surface area contributed by atoms with Crippen LogP contribution in [-0.4, -0.2) is 33.7 Å². The van der Waals surface area contributed by atoms with Crippen LogP contribution in [0.2, 0.25) is 0 Å². The summed E-state index contributed by atoms with van der Waals surface area (Å²) in [4.78, 5) is 12.8. The van der Waals surface area contributed by atoms with E-state index in [0.29, 0.717) is 23.6 Å². The average molecular weight is 478 g/mol. The fourth-order valence-corrected chi connectivity index (χ4v) is 4.56. The molecular formula is C26H27N3O4S. The van der Waals surface area contributed by atoms with E-state index in [0.717, 1.165) is 16.3 Å². The lowest BCUT2D eigenvalue weighted by Crippen LogP contribution is -2.39. The molecule has 0 aromatic heterocycles. The molecule has 0 aliphatic heterocycles. The highest BCUT2D eigenvalue weighted by atomic mass is 32.2. The minimum absolute atomic E-state index is 0.0993. The van der Waals surface area contributed by atoms with Gasteiger partial charge in [-0.05, 0) is 53.9 Å². The van der Waals surface area contributed by atoms with Gasteiger partial charge in [0, 0.05) is 0 Å². The van der Waals surface area contributed by atoms with Crippen molar-refractivity contribution < 1.29 is 17.9 Å². The summed E-state index contributed by atoms with van der Waals surface area (Å²) in [7, 11) is -3.96. The van der Waals surface area contributed by atoms with E-state index in [1.54, 1.807) is 60.7 Å². The number of ether oxygens (including phenoxy) is 1. The van der Waals surface area contributed by atoms with Gasteiger partial charge in [-0.3, -0.25) is 9.10 Å². The first-order chi connectivity index (χ1) is 16.4. The van der Waals surface area contributed by atoms with Crippen molar-refractivity contribution in [2.24, 2.45) is 5.10 Å². The molecule has 0 saturated heterocycles. The minimum Gasteiger partial charge on any atom is -0.490 e. The van der Waals surface area contributed by atoms with E-state index in [2.05, 4.69) is 17.1 Å². The maximum absolute atomic E-state index is 13.3. The van der Waals surface area contributed by atoms with E-state index in [-0.39, 0.29) is 4.90 Å². The molecule has 3 rings (SSSR count). The molecule has 0 unspecified atom stereocenters. The predicted octanol–water partition coefficient (Wildman–Crippen LogP) is 4.16. The molecule has 34 heavy (non-hydrogen) atoms. The van der Waals surface area contributed by atoms with Crippen molar-refractivity contribution in [2.45, 2.75) is 18.2 Å². The van der Waals surface area contributed by atoms with Crippen molar-refractivity contribution in [1.29, 1.82) is 0 Å². The number of benzene rings is 3. The maximum atomic E-state index is 13.3. The second-order valence-corrected chi connectivity index (χ2v) is 9.17. The number of hydrogen-bond acceptors (Lipinski definition) is 5. The smallest absolute Gasteiger partial charge is 0.264 e. The molecule has 0 saturated carbocycles. The Morgan fingerprint density at radius 3 is 2.47 bits per heavy atom. The number of rotatable bonds is 11. The van der Waals surface area contributed by atoms with Crippen molar-refractivity contribution in [3.05, 3.63) is 103 Å². The van der Waals surface area contributed by atoms with Gasteiger partial charge in [0.1, 0.15) is 18.9 Å². The Balaban J connectivity index is 1.77. The number of amides is 1. The SMILES string of the molecule is C=CCOc1cccc(/C=N\NC(=O)CN(c2ccc(CC)cc2)S(=O)(=O)c2ccccc2)c1. The molecule has 0 heterocycles. The number of carbonyl (C=O) groups excluding carboxylic acids is 1. The molecule has 8 heteroatoms. The molecule has 0 aliphatic carbocycles. The van der Waals surface area contributed by atoms with E-state index < -0.39 is 22.5 Å². The van der Waals surface area contributed by atoms with Gasteiger partial charge in [0.2, 0.25) is 0 Å². The Bertz CT molecular complexity index is 1240. The van der Waals surface area contributed by atoms with Crippen LogP contribution in [0, 0.1) is 0 Å². The van der Waals surface area contributed by atoms with Gasteiger partial charge in [-0.1, -0.05) is 62.0 Å². The summed E-state index contributed by atoms with van der Waals surface area (Å²) in [5.41, 5.74) is 4.58. The van der Waals surface area contributed by atoms with Crippen LogP contribution >= 0.6 is 0 Å². The van der Waals surface area contributed by atoms with Gasteiger partial charge in [-0.15, -0.1) is 0 Å². The molecule has 0 atom stereocenters. The first-order valence-corrected chi connectivity index (χ1v) is 12.2. The highest BCUT2D eigenvalue weighted by molar-refractivity contribution is 7.92. The second kappa shape index (κ2) is 11.8. The van der Waals surface area contributed by atoms with Crippen LogP contribution in [0.25, 0.3) is 0 Å². The standard InChI is InChI=1S/C26H27N3O4S/c1-3-17-33-24-10-8-9-22(18-24)19-27-28-26(30)20-29(23-15-13-21(4-2)14-16-23)34(31,32)25-11-6-5-7-12-25/h3,5-16,18-19H,1,4,17,20H2,2H3,(H,28,30)/b27-19-. The van der Waals surface area contributed by atoms with Crippen molar-refractivity contribution in [1.82, 2.24) is 5.43 Å². The van der Waals surface area contributed by atoms with Crippen molar-refractivity contribution >= 4 is 27.8 Å². The molecule has 0 bridgehead atoms. The van der Waals surface area contributed by atoms with E-state index in [1.807, 2.05) is 19.1 Å². The Morgan fingerprint density at radius 1 is 1.06 bits per heavy atom. The highest BCUT2D eigenvalue weighted by Crippen LogP contribution is 2.24. The third-order valence-electron chi connectivity index (χ3n) is 4.88. The first-order valence-electron chi connectivity index (χ1n) is 10.8. The number of nitrogens with one attached hydrogen (secondary N) is 1. The quantitative estimate of drug-likeness (QED) is 0.255. The first kappa shape index (κ1) is 24.7. The van der Waals surface area contributed by atoms with Crippen molar-refractivity contribution in [3.8, 4) is 5.75 Å². The molecule has 0 aliphatic rings. The van der Waals surface area contributed by atoms with E-state index in [1.165, 1.54) is 18.3 Å². The lowest BCUT2D eigenvalue weighted by molar-refractivity contribution is -0.119. The van der Waals surface area contributed by atoms with Gasteiger partial charge >= 0.3 is 0 Å². The lowest BCUT2D eigenvalue weighted by Gasteiger charge is -2.24. The number of hydrazone groups is 1. The molecule has 3 aromatic carbocycles. The van der Waals surface area contributed by atoms with Crippen LogP contribution in [0.1, 0.15) is 18.1 Å². The van der Waals surface area contributed by atoms with Gasteiger partial charge in [-0.25, -0.2) is 13.8 Å². The van der Waals surface area contributed by atoms with E-state index in [9.17, 15) is 13.2 Å². The highest BCUT2D eigenvalue weighted by Gasteiger charge is 2.27. The van der Waals surface area contributed by atoms with Crippen LogP contribution < -0.4 is 14.5 Å². The van der Waals surface area contributed by atoms with Crippen molar-refractivity contribution in [2.75, 3.05) is 17.5 Å². The zero-order chi connectivity index (χ0) is 24.4. The number of anilines is 1. The molecule has 7 nitrogen and oxygen atoms in total. The average Bonchev–Trinajstić information content (AvgIpc) is 2.87. The Hall–Kier alpha value is -3.91. The molecule has 0 fully saturated rings. The number of nitrogens with zero attached hydrogens (tertiary/aromatic N) is 2.